The maximum atomic E-state index is 5.68. The normalized spacial score (nSPS) is 18.6. The lowest BCUT2D eigenvalue weighted by atomic mass is 10.00. The minimum Gasteiger partial charge on any atom is -0.494 e. The first-order valence-electron chi connectivity index (χ1n) is 7.67. The van der Waals surface area contributed by atoms with Gasteiger partial charge in [0.25, 0.3) is 0 Å². The maximum absolute atomic E-state index is 5.68. The fourth-order valence-electron chi connectivity index (χ4n) is 2.54. The lowest BCUT2D eigenvalue weighted by Gasteiger charge is -2.24. The first-order valence-corrected chi connectivity index (χ1v) is 7.67. The fourth-order valence-corrected chi connectivity index (χ4v) is 2.54. The smallest absolute Gasteiger partial charge is 0.142 e. The van der Waals surface area contributed by atoms with Crippen LogP contribution >= 0.6 is 0 Å². The number of benzene rings is 1. The molecule has 112 valence electrons. The van der Waals surface area contributed by atoms with Crippen LogP contribution in [0, 0.1) is 5.92 Å². The molecular formula is C16H26N2O2. The molecule has 0 aromatic heterocycles. The van der Waals surface area contributed by atoms with Crippen molar-refractivity contribution in [3.05, 3.63) is 18.2 Å². The van der Waals surface area contributed by atoms with Gasteiger partial charge < -0.3 is 20.1 Å². The van der Waals surface area contributed by atoms with E-state index in [0.717, 1.165) is 36.8 Å². The van der Waals surface area contributed by atoms with Crippen LogP contribution in [0.5, 0.6) is 11.5 Å². The molecule has 2 rings (SSSR count). The first-order chi connectivity index (χ1) is 9.83. The van der Waals surface area contributed by atoms with Gasteiger partial charge in [-0.3, -0.25) is 0 Å². The van der Waals surface area contributed by atoms with E-state index in [1.165, 1.54) is 12.8 Å². The van der Waals surface area contributed by atoms with Gasteiger partial charge in [0.15, 0.2) is 0 Å². The second-order valence-electron chi connectivity index (χ2n) is 5.12. The molecule has 1 aromatic carbocycles. The van der Waals surface area contributed by atoms with Crippen molar-refractivity contribution in [2.24, 2.45) is 5.92 Å². The number of piperidine rings is 1. The summed E-state index contributed by atoms with van der Waals surface area (Å²) < 4.78 is 11.2. The molecule has 0 spiro atoms. The van der Waals surface area contributed by atoms with E-state index in [4.69, 9.17) is 9.47 Å². The van der Waals surface area contributed by atoms with Crippen LogP contribution in [0.4, 0.5) is 5.69 Å². The van der Waals surface area contributed by atoms with Crippen molar-refractivity contribution in [2.45, 2.75) is 26.7 Å². The van der Waals surface area contributed by atoms with E-state index in [9.17, 15) is 0 Å². The standard InChI is InChI=1S/C16H26N2O2/c1-3-19-14-7-8-16(20-4-2)15(10-14)18-12-13-6-5-9-17-11-13/h7-8,10,13,17-18H,3-6,9,11-12H2,1-2H3. The summed E-state index contributed by atoms with van der Waals surface area (Å²) in [6.45, 7) is 8.58. The summed E-state index contributed by atoms with van der Waals surface area (Å²) in [5, 5.41) is 6.97. The molecule has 1 aliphatic heterocycles. The molecule has 0 amide bonds. The third-order valence-electron chi connectivity index (χ3n) is 3.54. The molecule has 1 aliphatic rings. The monoisotopic (exact) mass is 278 g/mol. The molecule has 1 unspecified atom stereocenters. The van der Waals surface area contributed by atoms with Gasteiger partial charge in [0.2, 0.25) is 0 Å². The summed E-state index contributed by atoms with van der Waals surface area (Å²) in [6, 6.07) is 5.97. The van der Waals surface area contributed by atoms with Crippen LogP contribution in [0.15, 0.2) is 18.2 Å². The van der Waals surface area contributed by atoms with Gasteiger partial charge in [-0.1, -0.05) is 0 Å². The van der Waals surface area contributed by atoms with E-state index in [-0.39, 0.29) is 0 Å². The summed E-state index contributed by atoms with van der Waals surface area (Å²) >= 11 is 0. The van der Waals surface area contributed by atoms with Gasteiger partial charge in [0.1, 0.15) is 11.5 Å². The molecule has 1 heterocycles. The van der Waals surface area contributed by atoms with Crippen LogP contribution in [0.2, 0.25) is 0 Å². The number of hydrogen-bond acceptors (Lipinski definition) is 4. The van der Waals surface area contributed by atoms with Crippen LogP contribution in [-0.2, 0) is 0 Å². The Bertz CT molecular complexity index is 403. The lowest BCUT2D eigenvalue weighted by molar-refractivity contribution is 0.331. The van der Waals surface area contributed by atoms with Gasteiger partial charge in [0.05, 0.1) is 18.9 Å². The Morgan fingerprint density at radius 2 is 2.10 bits per heavy atom. The van der Waals surface area contributed by atoms with Crippen LogP contribution < -0.4 is 20.1 Å². The molecule has 0 radical (unpaired) electrons. The number of nitrogens with one attached hydrogen (secondary N) is 2. The highest BCUT2D eigenvalue weighted by atomic mass is 16.5. The molecule has 1 saturated heterocycles. The molecular weight excluding hydrogens is 252 g/mol. The molecule has 0 saturated carbocycles. The summed E-state index contributed by atoms with van der Waals surface area (Å²) in [5.41, 5.74) is 1.03. The van der Waals surface area contributed by atoms with Crippen LogP contribution in [-0.4, -0.2) is 32.8 Å². The molecule has 1 aromatic rings. The highest BCUT2D eigenvalue weighted by Gasteiger charge is 2.14. The Balaban J connectivity index is 2.00. The summed E-state index contributed by atoms with van der Waals surface area (Å²) in [6.07, 6.45) is 2.55. The lowest BCUT2D eigenvalue weighted by Crippen LogP contribution is -2.33. The fraction of sp³-hybridized carbons (Fsp3) is 0.625. The van der Waals surface area contributed by atoms with E-state index in [0.29, 0.717) is 19.1 Å². The van der Waals surface area contributed by atoms with Gasteiger partial charge in [-0.05, 0) is 57.8 Å². The van der Waals surface area contributed by atoms with Gasteiger partial charge in [-0.15, -0.1) is 0 Å². The molecule has 0 aliphatic carbocycles. The van der Waals surface area contributed by atoms with Gasteiger partial charge in [0, 0.05) is 12.6 Å². The summed E-state index contributed by atoms with van der Waals surface area (Å²) in [5.74, 6) is 2.48. The molecule has 4 heteroatoms. The zero-order valence-corrected chi connectivity index (χ0v) is 12.6. The third-order valence-corrected chi connectivity index (χ3v) is 3.54. The average molecular weight is 278 g/mol. The SMILES string of the molecule is CCOc1ccc(OCC)c(NCC2CCCNC2)c1. The van der Waals surface area contributed by atoms with Crippen molar-refractivity contribution < 1.29 is 9.47 Å². The second kappa shape index (κ2) is 8.00. The van der Waals surface area contributed by atoms with Crippen molar-refractivity contribution in [1.29, 1.82) is 0 Å². The van der Waals surface area contributed by atoms with Crippen molar-refractivity contribution in [3.8, 4) is 11.5 Å². The number of ether oxygens (including phenoxy) is 2. The predicted molar refractivity (Wildman–Crippen MR) is 82.9 cm³/mol. The molecule has 4 nitrogen and oxygen atoms in total. The third kappa shape index (κ3) is 4.30. The zero-order valence-electron chi connectivity index (χ0n) is 12.6. The molecule has 0 bridgehead atoms. The van der Waals surface area contributed by atoms with Crippen molar-refractivity contribution in [3.63, 3.8) is 0 Å². The number of anilines is 1. The first kappa shape index (κ1) is 15.0. The quantitative estimate of drug-likeness (QED) is 0.805. The molecule has 20 heavy (non-hydrogen) atoms. The maximum Gasteiger partial charge on any atom is 0.142 e. The Labute approximate surface area is 121 Å². The Kier molecular flexibility index (Phi) is 5.99. The zero-order chi connectivity index (χ0) is 14.2. The minimum absolute atomic E-state index is 0.674. The predicted octanol–water partition coefficient (Wildman–Crippen LogP) is 2.90. The van der Waals surface area contributed by atoms with E-state index in [2.05, 4.69) is 10.6 Å². The molecule has 1 fully saturated rings. The van der Waals surface area contributed by atoms with Crippen molar-refractivity contribution in [2.75, 3.05) is 38.2 Å². The van der Waals surface area contributed by atoms with Crippen molar-refractivity contribution >= 4 is 5.69 Å². The number of rotatable bonds is 7. The van der Waals surface area contributed by atoms with Crippen molar-refractivity contribution in [1.82, 2.24) is 5.32 Å². The Morgan fingerprint density at radius 3 is 2.80 bits per heavy atom. The second-order valence-corrected chi connectivity index (χ2v) is 5.12. The van der Waals surface area contributed by atoms with E-state index < -0.39 is 0 Å². The molecule has 1 atom stereocenters. The Morgan fingerprint density at radius 1 is 1.25 bits per heavy atom. The molecule has 2 N–H and O–H groups in total. The van der Waals surface area contributed by atoms with E-state index in [1.54, 1.807) is 0 Å². The van der Waals surface area contributed by atoms with E-state index in [1.807, 2.05) is 32.0 Å². The Hall–Kier alpha value is -1.42. The van der Waals surface area contributed by atoms with Gasteiger partial charge in [-0.2, -0.15) is 0 Å². The van der Waals surface area contributed by atoms with Gasteiger partial charge >= 0.3 is 0 Å². The number of hydrogen-bond donors (Lipinski definition) is 2. The average Bonchev–Trinajstić information content (AvgIpc) is 2.49. The highest BCUT2D eigenvalue weighted by molar-refractivity contribution is 5.59. The minimum atomic E-state index is 0.674. The van der Waals surface area contributed by atoms with Crippen LogP contribution in [0.3, 0.4) is 0 Å². The van der Waals surface area contributed by atoms with Crippen LogP contribution in [0.1, 0.15) is 26.7 Å². The summed E-state index contributed by atoms with van der Waals surface area (Å²) in [4.78, 5) is 0. The topological polar surface area (TPSA) is 42.5 Å². The highest BCUT2D eigenvalue weighted by Crippen LogP contribution is 2.30. The van der Waals surface area contributed by atoms with Crippen LogP contribution in [0.25, 0.3) is 0 Å². The summed E-state index contributed by atoms with van der Waals surface area (Å²) in [7, 11) is 0. The van der Waals surface area contributed by atoms with E-state index >= 15 is 0 Å². The largest absolute Gasteiger partial charge is 0.494 e. The van der Waals surface area contributed by atoms with Gasteiger partial charge in [-0.25, -0.2) is 0 Å².